The number of carboxylic acid groups (broad SMARTS) is 1. The number of rotatable bonds is 13. The first-order valence-corrected chi connectivity index (χ1v) is 8.27. The third-order valence-electron chi connectivity index (χ3n) is 3.27. The molecule has 0 atom stereocenters. The lowest BCUT2D eigenvalue weighted by molar-refractivity contribution is -0.138. The van der Waals surface area contributed by atoms with E-state index >= 15 is 0 Å². The van der Waals surface area contributed by atoms with Crippen LogP contribution in [0.5, 0.6) is 0 Å². The molecule has 0 saturated carbocycles. The smallest absolute Gasteiger partial charge is 0.305 e. The lowest BCUT2D eigenvalue weighted by Gasteiger charge is -2.18. The van der Waals surface area contributed by atoms with Gasteiger partial charge in [0.15, 0.2) is 0 Å². The molecule has 142 valence electrons. The molecule has 0 unspecified atom stereocenters. The molecule has 9 heteroatoms. The zero-order chi connectivity index (χ0) is 18.3. The van der Waals surface area contributed by atoms with E-state index in [9.17, 15) is 14.4 Å². The van der Waals surface area contributed by atoms with Crippen molar-refractivity contribution in [3.05, 3.63) is 12.2 Å². The molecular formula is C16H26N2O7. The van der Waals surface area contributed by atoms with Gasteiger partial charge in [0.2, 0.25) is 11.8 Å². The molecule has 0 bridgehead atoms. The van der Waals surface area contributed by atoms with Gasteiger partial charge in [0.1, 0.15) is 6.73 Å². The first-order chi connectivity index (χ1) is 12.1. The molecule has 9 nitrogen and oxygen atoms in total. The number of carbonyl (C=O) groups excluding carboxylic acids is 2. The summed E-state index contributed by atoms with van der Waals surface area (Å²) in [4.78, 5) is 35.2. The van der Waals surface area contributed by atoms with Gasteiger partial charge in [-0.1, -0.05) is 6.08 Å². The average molecular weight is 358 g/mol. The van der Waals surface area contributed by atoms with E-state index in [0.717, 1.165) is 0 Å². The number of amides is 2. The number of ether oxygens (including phenoxy) is 3. The molecule has 1 heterocycles. The summed E-state index contributed by atoms with van der Waals surface area (Å²) in [5, 5.41) is 11.1. The van der Waals surface area contributed by atoms with E-state index in [1.54, 1.807) is 11.0 Å². The number of hydrogen-bond acceptors (Lipinski definition) is 6. The van der Waals surface area contributed by atoms with Crippen molar-refractivity contribution in [1.82, 2.24) is 10.2 Å². The summed E-state index contributed by atoms with van der Waals surface area (Å²) in [6.07, 6.45) is 4.02. The third-order valence-corrected chi connectivity index (χ3v) is 3.27. The van der Waals surface area contributed by atoms with E-state index in [1.807, 2.05) is 0 Å². The van der Waals surface area contributed by atoms with Crippen molar-refractivity contribution >= 4 is 17.8 Å². The second-order valence-electron chi connectivity index (χ2n) is 5.33. The minimum absolute atomic E-state index is 0.0263. The van der Waals surface area contributed by atoms with E-state index in [-0.39, 0.29) is 31.6 Å². The molecule has 1 aliphatic rings. The number of nitrogens with zero attached hydrogens (tertiary/aromatic N) is 1. The molecule has 0 aliphatic carbocycles. The van der Waals surface area contributed by atoms with Crippen LogP contribution in [0.3, 0.4) is 0 Å². The first kappa shape index (κ1) is 21.1. The summed E-state index contributed by atoms with van der Waals surface area (Å²) >= 11 is 0. The van der Waals surface area contributed by atoms with Crippen molar-refractivity contribution in [3.63, 3.8) is 0 Å². The Morgan fingerprint density at radius 2 is 1.96 bits per heavy atom. The van der Waals surface area contributed by atoms with Crippen LogP contribution in [-0.4, -0.2) is 80.6 Å². The number of nitrogens with one attached hydrogen (secondary N) is 1. The zero-order valence-electron chi connectivity index (χ0n) is 14.3. The van der Waals surface area contributed by atoms with Gasteiger partial charge in [0.25, 0.3) is 0 Å². The molecule has 0 saturated heterocycles. The van der Waals surface area contributed by atoms with Crippen molar-refractivity contribution < 1.29 is 33.7 Å². The molecular weight excluding hydrogens is 332 g/mol. The van der Waals surface area contributed by atoms with Gasteiger partial charge in [-0.2, -0.15) is 0 Å². The van der Waals surface area contributed by atoms with Crippen LogP contribution in [0.15, 0.2) is 12.2 Å². The van der Waals surface area contributed by atoms with Gasteiger partial charge >= 0.3 is 5.97 Å². The largest absolute Gasteiger partial charge is 0.481 e. The van der Waals surface area contributed by atoms with E-state index in [2.05, 4.69) is 5.32 Å². The Morgan fingerprint density at radius 3 is 2.72 bits per heavy atom. The molecule has 2 N–H and O–H groups in total. The van der Waals surface area contributed by atoms with Crippen LogP contribution in [0, 0.1) is 0 Å². The van der Waals surface area contributed by atoms with Gasteiger partial charge < -0.3 is 29.5 Å². The maximum atomic E-state index is 11.7. The summed E-state index contributed by atoms with van der Waals surface area (Å²) in [5.74, 6) is -1.09. The Bertz CT molecular complexity index is 454. The van der Waals surface area contributed by atoms with Crippen LogP contribution in [0.25, 0.3) is 0 Å². The Morgan fingerprint density at radius 1 is 1.20 bits per heavy atom. The highest BCUT2D eigenvalue weighted by Crippen LogP contribution is 2.01. The molecule has 2 amide bonds. The maximum absolute atomic E-state index is 11.7. The Hall–Kier alpha value is -1.97. The fraction of sp³-hybridized carbons (Fsp3) is 0.688. The highest BCUT2D eigenvalue weighted by molar-refractivity contribution is 5.87. The lowest BCUT2D eigenvalue weighted by atomic mass is 10.2. The van der Waals surface area contributed by atoms with E-state index in [4.69, 9.17) is 19.3 Å². The Kier molecular flexibility index (Phi) is 11.2. The predicted octanol–water partition coefficient (Wildman–Crippen LogP) is -0.237. The highest BCUT2D eigenvalue weighted by atomic mass is 16.5. The maximum Gasteiger partial charge on any atom is 0.305 e. The first-order valence-electron chi connectivity index (χ1n) is 8.27. The average Bonchev–Trinajstić information content (AvgIpc) is 2.78. The number of carboxylic acids is 1. The van der Waals surface area contributed by atoms with Crippen LogP contribution in [-0.2, 0) is 28.6 Å². The fourth-order valence-corrected chi connectivity index (χ4v) is 1.99. The Balaban J connectivity index is 1.92. The second kappa shape index (κ2) is 13.3. The standard InChI is InChI=1S/C16H26N2O7/c19-14(3-1-7-18-13-25-8-2-4-15(18)20)17-6-10-24-12-11-23-9-5-16(21)22/h2,4H,1,3,5-13H2,(H,17,19)(H,21,22). The molecule has 0 aromatic rings. The SMILES string of the molecule is O=C(O)CCOCCOCCNC(=O)CCCN1COCC=CC1=O. The molecule has 1 aliphatic heterocycles. The zero-order valence-corrected chi connectivity index (χ0v) is 14.3. The summed E-state index contributed by atoms with van der Waals surface area (Å²) in [5.41, 5.74) is 0. The normalized spacial score (nSPS) is 14.4. The van der Waals surface area contributed by atoms with Crippen molar-refractivity contribution in [2.75, 3.05) is 52.9 Å². The quantitative estimate of drug-likeness (QED) is 0.437. The topological polar surface area (TPSA) is 114 Å². The van der Waals surface area contributed by atoms with Gasteiger partial charge in [-0.3, -0.25) is 14.4 Å². The molecule has 25 heavy (non-hydrogen) atoms. The van der Waals surface area contributed by atoms with Crippen molar-refractivity contribution in [3.8, 4) is 0 Å². The van der Waals surface area contributed by atoms with Crippen LogP contribution in [0.4, 0.5) is 0 Å². The van der Waals surface area contributed by atoms with Gasteiger partial charge in [-0.05, 0) is 6.42 Å². The monoisotopic (exact) mass is 358 g/mol. The second-order valence-corrected chi connectivity index (χ2v) is 5.33. The summed E-state index contributed by atoms with van der Waals surface area (Å²) in [6, 6.07) is 0. The minimum atomic E-state index is -0.896. The number of carbonyl (C=O) groups is 3. The summed E-state index contributed by atoms with van der Waals surface area (Å²) < 4.78 is 15.6. The molecule has 0 aromatic heterocycles. The molecule has 0 fully saturated rings. The predicted molar refractivity (Wildman–Crippen MR) is 87.8 cm³/mol. The number of hydrogen-bond donors (Lipinski definition) is 2. The van der Waals surface area contributed by atoms with Crippen LogP contribution >= 0.6 is 0 Å². The lowest BCUT2D eigenvalue weighted by Crippen LogP contribution is -2.33. The number of aliphatic carboxylic acids is 1. The summed E-state index contributed by atoms with van der Waals surface area (Å²) in [6.45, 7) is 2.72. The third kappa shape index (κ3) is 11.2. The van der Waals surface area contributed by atoms with Crippen LogP contribution in [0.2, 0.25) is 0 Å². The van der Waals surface area contributed by atoms with Crippen molar-refractivity contribution in [2.24, 2.45) is 0 Å². The fourth-order valence-electron chi connectivity index (χ4n) is 1.99. The van der Waals surface area contributed by atoms with E-state index in [1.165, 1.54) is 6.08 Å². The summed E-state index contributed by atoms with van der Waals surface area (Å²) in [7, 11) is 0. The van der Waals surface area contributed by atoms with Gasteiger partial charge in [0.05, 0.1) is 39.5 Å². The van der Waals surface area contributed by atoms with Gasteiger partial charge in [-0.25, -0.2) is 0 Å². The van der Waals surface area contributed by atoms with Crippen molar-refractivity contribution in [2.45, 2.75) is 19.3 Å². The minimum Gasteiger partial charge on any atom is -0.481 e. The Labute approximate surface area is 146 Å². The van der Waals surface area contributed by atoms with E-state index in [0.29, 0.717) is 52.4 Å². The van der Waals surface area contributed by atoms with E-state index < -0.39 is 5.97 Å². The molecule has 1 rings (SSSR count). The van der Waals surface area contributed by atoms with Crippen LogP contribution < -0.4 is 5.32 Å². The molecule has 0 aromatic carbocycles. The van der Waals surface area contributed by atoms with Crippen LogP contribution in [0.1, 0.15) is 19.3 Å². The highest BCUT2D eigenvalue weighted by Gasteiger charge is 2.13. The van der Waals surface area contributed by atoms with Gasteiger partial charge in [-0.15, -0.1) is 0 Å². The molecule has 0 spiro atoms. The van der Waals surface area contributed by atoms with Crippen molar-refractivity contribution in [1.29, 1.82) is 0 Å². The molecule has 0 radical (unpaired) electrons. The van der Waals surface area contributed by atoms with Gasteiger partial charge in [0, 0.05) is 25.6 Å².